The van der Waals surface area contributed by atoms with Crippen molar-refractivity contribution in [2.75, 3.05) is 20.2 Å². The predicted molar refractivity (Wildman–Crippen MR) is 145 cm³/mol. The lowest BCUT2D eigenvalue weighted by Gasteiger charge is -2.40. The Bertz CT molecular complexity index is 1400. The van der Waals surface area contributed by atoms with Crippen LogP contribution in [0.4, 0.5) is 0 Å². The average molecular weight is 498 g/mol. The van der Waals surface area contributed by atoms with Crippen LogP contribution < -0.4 is 10.1 Å². The number of hydrogen-bond acceptors (Lipinski definition) is 5. The van der Waals surface area contributed by atoms with Gasteiger partial charge in [0.25, 0.3) is 5.91 Å². The van der Waals surface area contributed by atoms with E-state index in [1.54, 1.807) is 13.2 Å². The fourth-order valence-electron chi connectivity index (χ4n) is 6.22. The van der Waals surface area contributed by atoms with Crippen molar-refractivity contribution in [2.24, 2.45) is 7.05 Å². The van der Waals surface area contributed by atoms with Gasteiger partial charge in [0, 0.05) is 48.5 Å². The molecule has 7 heteroatoms. The van der Waals surface area contributed by atoms with Crippen molar-refractivity contribution in [3.05, 3.63) is 89.1 Å². The highest BCUT2D eigenvalue weighted by Crippen LogP contribution is 2.47. The summed E-state index contributed by atoms with van der Waals surface area (Å²) in [6.07, 6.45) is 5.30. The molecule has 1 fully saturated rings. The van der Waals surface area contributed by atoms with E-state index in [9.17, 15) is 4.79 Å². The lowest BCUT2D eigenvalue weighted by atomic mass is 9.99. The van der Waals surface area contributed by atoms with E-state index in [0.29, 0.717) is 0 Å². The number of benzene rings is 2. The highest BCUT2D eigenvalue weighted by Gasteiger charge is 2.48. The van der Waals surface area contributed by atoms with Crippen molar-refractivity contribution in [3.63, 3.8) is 0 Å². The number of amides is 1. The number of piperidine rings is 1. The summed E-state index contributed by atoms with van der Waals surface area (Å²) in [6.45, 7) is 6.18. The van der Waals surface area contributed by atoms with Crippen molar-refractivity contribution >= 4 is 16.8 Å². The van der Waals surface area contributed by atoms with Crippen LogP contribution in [0.5, 0.6) is 5.75 Å². The lowest BCUT2D eigenvalue weighted by Crippen LogP contribution is -2.48. The molecule has 6 rings (SSSR count). The van der Waals surface area contributed by atoms with Gasteiger partial charge in [-0.15, -0.1) is 0 Å². The summed E-state index contributed by atoms with van der Waals surface area (Å²) < 4.78 is 7.72. The predicted octanol–water partition coefficient (Wildman–Crippen LogP) is 5.21. The maximum atomic E-state index is 13.7. The molecular formula is C30H35N5O2. The molecule has 2 aromatic carbocycles. The number of nitrogens with zero attached hydrogens (tertiary/aromatic N) is 4. The molecule has 0 saturated carbocycles. The van der Waals surface area contributed by atoms with Gasteiger partial charge in [-0.3, -0.25) is 4.79 Å². The van der Waals surface area contributed by atoms with Crippen LogP contribution in [0.25, 0.3) is 10.9 Å². The van der Waals surface area contributed by atoms with Gasteiger partial charge in [0.05, 0.1) is 24.9 Å². The summed E-state index contributed by atoms with van der Waals surface area (Å²) in [5, 5.41) is 8.88. The smallest absolute Gasteiger partial charge is 0.268 e. The Balaban J connectivity index is 1.52. The van der Waals surface area contributed by atoms with Crippen LogP contribution in [-0.2, 0) is 11.8 Å². The van der Waals surface area contributed by atoms with E-state index in [1.807, 2.05) is 18.0 Å². The fraction of sp³-hybridized carbons (Fsp3) is 0.367. The first kappa shape index (κ1) is 23.7. The molecule has 3 aliphatic rings. The standard InChI is InChI=1S/C30H35N5O2/c1-20-17-27(36)35-30(31-20)29(33-15-9-6-10-16-33)28(22-11-7-5-8-12-22)34(35)21(2)26-19-23-18-24(37-4)13-14-25(23)32(26)3/h5,7-8,11-14,17-19,21,28,31H,6,9-10,15-16H2,1-4H3. The summed E-state index contributed by atoms with van der Waals surface area (Å²) in [6, 6.07) is 18.8. The maximum Gasteiger partial charge on any atom is 0.268 e. The number of methoxy groups -OCH3 is 1. The molecule has 37 heavy (non-hydrogen) atoms. The first-order chi connectivity index (χ1) is 18.0. The molecule has 0 bridgehead atoms. The third-order valence-electron chi connectivity index (χ3n) is 8.00. The van der Waals surface area contributed by atoms with Crippen LogP contribution in [0, 0.1) is 0 Å². The summed E-state index contributed by atoms with van der Waals surface area (Å²) >= 11 is 0. The second-order valence-electron chi connectivity index (χ2n) is 10.3. The number of hydrogen-bond donors (Lipinski definition) is 1. The number of nitrogens with one attached hydrogen (secondary N) is 1. The molecule has 1 aromatic heterocycles. The highest BCUT2D eigenvalue weighted by molar-refractivity contribution is 5.91. The monoisotopic (exact) mass is 497 g/mol. The van der Waals surface area contributed by atoms with E-state index < -0.39 is 0 Å². The molecule has 3 aliphatic heterocycles. The van der Waals surface area contributed by atoms with Gasteiger partial charge < -0.3 is 19.5 Å². The minimum absolute atomic E-state index is 0.00789. The fourth-order valence-corrected chi connectivity index (χ4v) is 6.22. The Morgan fingerprint density at radius 2 is 1.78 bits per heavy atom. The number of likely N-dealkylation sites (tertiary alicyclic amines) is 1. The van der Waals surface area contributed by atoms with Crippen LogP contribution in [0.3, 0.4) is 0 Å². The molecule has 3 aromatic rings. The number of aryl methyl sites for hydroxylation is 1. The largest absolute Gasteiger partial charge is 0.497 e. The molecule has 7 nitrogen and oxygen atoms in total. The van der Waals surface area contributed by atoms with Crippen molar-refractivity contribution < 1.29 is 9.53 Å². The third kappa shape index (κ3) is 3.89. The van der Waals surface area contributed by atoms with E-state index in [2.05, 4.69) is 82.3 Å². The molecule has 2 unspecified atom stereocenters. The molecule has 1 saturated heterocycles. The van der Waals surface area contributed by atoms with E-state index in [-0.39, 0.29) is 18.0 Å². The third-order valence-corrected chi connectivity index (χ3v) is 8.00. The Morgan fingerprint density at radius 1 is 1.03 bits per heavy atom. The Kier molecular flexibility index (Phi) is 5.95. The SMILES string of the molecule is COc1ccc2c(c1)cc(C(C)N1C(c3ccccc3)C(N3CCCCC3)=C3NC(C)=CC(=O)N31)n2C. The van der Waals surface area contributed by atoms with Crippen LogP contribution in [0.2, 0.25) is 0 Å². The number of carbonyl (C=O) groups is 1. The summed E-state index contributed by atoms with van der Waals surface area (Å²) in [4.78, 5) is 16.2. The summed E-state index contributed by atoms with van der Waals surface area (Å²) in [7, 11) is 3.80. The second-order valence-corrected chi connectivity index (χ2v) is 10.3. The van der Waals surface area contributed by atoms with Gasteiger partial charge in [0.2, 0.25) is 0 Å². The van der Waals surface area contributed by atoms with Crippen LogP contribution in [0.1, 0.15) is 56.5 Å². The van der Waals surface area contributed by atoms with Gasteiger partial charge in [-0.25, -0.2) is 5.01 Å². The van der Waals surface area contributed by atoms with Gasteiger partial charge in [-0.05, 0) is 62.9 Å². The molecule has 1 N–H and O–H groups in total. The zero-order valence-electron chi connectivity index (χ0n) is 22.1. The molecule has 4 heterocycles. The maximum absolute atomic E-state index is 13.7. The van der Waals surface area contributed by atoms with Gasteiger partial charge in [-0.2, -0.15) is 5.01 Å². The number of aromatic nitrogens is 1. The van der Waals surface area contributed by atoms with Crippen molar-refractivity contribution in [3.8, 4) is 5.75 Å². The topological polar surface area (TPSA) is 53.0 Å². The van der Waals surface area contributed by atoms with Gasteiger partial charge in [-0.1, -0.05) is 30.3 Å². The number of fused-ring (bicyclic) bond motifs is 2. The van der Waals surface area contributed by atoms with Gasteiger partial charge in [0.1, 0.15) is 11.6 Å². The van der Waals surface area contributed by atoms with Gasteiger partial charge >= 0.3 is 0 Å². The number of carbonyl (C=O) groups excluding carboxylic acids is 1. The average Bonchev–Trinajstić information content (AvgIpc) is 3.44. The number of hydrazine groups is 1. The second kappa shape index (κ2) is 9.30. The van der Waals surface area contributed by atoms with Crippen molar-refractivity contribution in [1.29, 1.82) is 0 Å². The molecule has 192 valence electrons. The minimum atomic E-state index is -0.0902. The first-order valence-electron chi connectivity index (χ1n) is 13.2. The van der Waals surface area contributed by atoms with Crippen LogP contribution >= 0.6 is 0 Å². The molecule has 0 spiro atoms. The highest BCUT2D eigenvalue weighted by atomic mass is 16.5. The quantitative estimate of drug-likeness (QED) is 0.525. The summed E-state index contributed by atoms with van der Waals surface area (Å²) in [5.41, 5.74) is 5.54. The van der Waals surface area contributed by atoms with Crippen LogP contribution in [0.15, 0.2) is 77.9 Å². The summed E-state index contributed by atoms with van der Waals surface area (Å²) in [5.74, 6) is 1.73. The molecular weight excluding hydrogens is 462 g/mol. The van der Waals surface area contributed by atoms with Crippen LogP contribution in [-0.4, -0.2) is 45.6 Å². The Morgan fingerprint density at radius 3 is 2.51 bits per heavy atom. The molecule has 0 radical (unpaired) electrons. The number of rotatable bonds is 5. The van der Waals surface area contributed by atoms with Gasteiger partial charge in [0.15, 0.2) is 0 Å². The van der Waals surface area contributed by atoms with E-state index in [1.165, 1.54) is 30.5 Å². The zero-order valence-corrected chi connectivity index (χ0v) is 22.1. The van der Waals surface area contributed by atoms with E-state index >= 15 is 0 Å². The molecule has 0 aliphatic carbocycles. The molecule has 2 atom stereocenters. The van der Waals surface area contributed by atoms with Crippen molar-refractivity contribution in [1.82, 2.24) is 24.8 Å². The van der Waals surface area contributed by atoms with E-state index in [4.69, 9.17) is 4.74 Å². The van der Waals surface area contributed by atoms with Crippen molar-refractivity contribution in [2.45, 2.75) is 45.2 Å². The van der Waals surface area contributed by atoms with E-state index in [0.717, 1.165) is 47.0 Å². The normalized spacial score (nSPS) is 21.2. The lowest BCUT2D eigenvalue weighted by molar-refractivity contribution is -0.144. The zero-order chi connectivity index (χ0) is 25.7. The number of allylic oxidation sites excluding steroid dienone is 1. The number of ether oxygens (including phenoxy) is 1. The first-order valence-corrected chi connectivity index (χ1v) is 13.2. The Labute approximate surface area is 218 Å². The molecule has 1 amide bonds. The minimum Gasteiger partial charge on any atom is -0.497 e. The Hall–Kier alpha value is -3.71.